The molecule has 0 aliphatic heterocycles. The molecule has 0 bridgehead atoms. The number of carbonyl (C=O) groups excluding carboxylic acids is 1. The van der Waals surface area contributed by atoms with Crippen molar-refractivity contribution in [2.75, 3.05) is 26.3 Å². The summed E-state index contributed by atoms with van der Waals surface area (Å²) in [5.41, 5.74) is 0. The summed E-state index contributed by atoms with van der Waals surface area (Å²) in [6.45, 7) is 7.70. The summed E-state index contributed by atoms with van der Waals surface area (Å²) in [5.74, 6) is -0.898. The topological polar surface area (TPSA) is 78.9 Å². The highest BCUT2D eigenvalue weighted by Gasteiger charge is 2.17. The molecule has 6 heteroatoms. The zero-order valence-corrected chi connectivity index (χ0v) is 11.4. The van der Waals surface area contributed by atoms with Gasteiger partial charge in [0.2, 0.25) is 0 Å². The summed E-state index contributed by atoms with van der Waals surface area (Å²) in [7, 11) is 0. The molecule has 0 rings (SSSR count). The Morgan fingerprint density at radius 3 is 2.56 bits per heavy atom. The van der Waals surface area contributed by atoms with Crippen LogP contribution in [0.1, 0.15) is 33.6 Å². The maximum absolute atomic E-state index is 11.8. The van der Waals surface area contributed by atoms with Crippen LogP contribution in [-0.2, 0) is 9.53 Å². The van der Waals surface area contributed by atoms with E-state index in [0.29, 0.717) is 19.8 Å². The van der Waals surface area contributed by atoms with E-state index in [-0.39, 0.29) is 25.0 Å². The molecule has 0 aromatic heterocycles. The van der Waals surface area contributed by atoms with Crippen molar-refractivity contribution in [3.05, 3.63) is 0 Å². The van der Waals surface area contributed by atoms with Crippen molar-refractivity contribution in [3.63, 3.8) is 0 Å². The van der Waals surface area contributed by atoms with E-state index in [4.69, 9.17) is 9.84 Å². The molecule has 0 radical (unpaired) electrons. The smallest absolute Gasteiger partial charge is 0.317 e. The van der Waals surface area contributed by atoms with Crippen molar-refractivity contribution in [1.29, 1.82) is 0 Å². The van der Waals surface area contributed by atoms with Crippen LogP contribution in [0.15, 0.2) is 0 Å². The van der Waals surface area contributed by atoms with Crippen LogP contribution in [-0.4, -0.2) is 54.4 Å². The Labute approximate surface area is 108 Å². The van der Waals surface area contributed by atoms with Crippen LogP contribution in [0.5, 0.6) is 0 Å². The number of amides is 2. The zero-order valence-electron chi connectivity index (χ0n) is 11.4. The van der Waals surface area contributed by atoms with E-state index < -0.39 is 5.97 Å². The maximum atomic E-state index is 11.8. The molecule has 0 aromatic carbocycles. The average Bonchev–Trinajstić information content (AvgIpc) is 2.28. The first-order valence-corrected chi connectivity index (χ1v) is 6.33. The van der Waals surface area contributed by atoms with Gasteiger partial charge in [0.05, 0.1) is 6.42 Å². The van der Waals surface area contributed by atoms with Crippen molar-refractivity contribution >= 4 is 12.0 Å². The number of nitrogens with one attached hydrogen (secondary N) is 1. The Hall–Kier alpha value is -1.30. The third kappa shape index (κ3) is 7.89. The van der Waals surface area contributed by atoms with Crippen LogP contribution in [0, 0.1) is 0 Å². The number of aliphatic carboxylic acids is 1. The fourth-order valence-electron chi connectivity index (χ4n) is 1.43. The van der Waals surface area contributed by atoms with Gasteiger partial charge in [0.25, 0.3) is 0 Å². The fraction of sp³-hybridized carbons (Fsp3) is 0.833. The number of urea groups is 1. The lowest BCUT2D eigenvalue weighted by molar-refractivity contribution is -0.137. The number of hydrogen-bond donors (Lipinski definition) is 2. The van der Waals surface area contributed by atoms with Crippen LogP contribution in [0.25, 0.3) is 0 Å². The quantitative estimate of drug-likeness (QED) is 0.613. The van der Waals surface area contributed by atoms with Gasteiger partial charge in [-0.1, -0.05) is 0 Å². The Balaban J connectivity index is 3.95. The van der Waals surface area contributed by atoms with Crippen molar-refractivity contribution in [2.24, 2.45) is 0 Å². The highest BCUT2D eigenvalue weighted by Crippen LogP contribution is 2.00. The molecular formula is C12H24N2O4. The first-order chi connectivity index (χ1) is 8.49. The Kier molecular flexibility index (Phi) is 9.00. The van der Waals surface area contributed by atoms with Gasteiger partial charge >= 0.3 is 12.0 Å². The number of ether oxygens (including phenoxy) is 1. The van der Waals surface area contributed by atoms with Crippen molar-refractivity contribution in [1.82, 2.24) is 10.2 Å². The van der Waals surface area contributed by atoms with E-state index in [9.17, 15) is 9.59 Å². The van der Waals surface area contributed by atoms with E-state index >= 15 is 0 Å². The van der Waals surface area contributed by atoms with Crippen LogP contribution < -0.4 is 5.32 Å². The number of carbonyl (C=O) groups is 2. The van der Waals surface area contributed by atoms with Crippen LogP contribution in [0.4, 0.5) is 4.79 Å². The molecule has 0 atom stereocenters. The van der Waals surface area contributed by atoms with Crippen molar-refractivity contribution < 1.29 is 19.4 Å². The van der Waals surface area contributed by atoms with Crippen LogP contribution in [0.2, 0.25) is 0 Å². The molecule has 18 heavy (non-hydrogen) atoms. The molecule has 0 saturated heterocycles. The lowest BCUT2D eigenvalue weighted by Gasteiger charge is -2.26. The highest BCUT2D eigenvalue weighted by molar-refractivity contribution is 5.75. The minimum absolute atomic E-state index is 0.0174. The third-order valence-electron chi connectivity index (χ3n) is 2.40. The van der Waals surface area contributed by atoms with Crippen molar-refractivity contribution in [3.8, 4) is 0 Å². The number of carboxylic acids is 1. The average molecular weight is 260 g/mol. The minimum atomic E-state index is -0.898. The minimum Gasteiger partial charge on any atom is -0.481 e. The number of hydrogen-bond acceptors (Lipinski definition) is 3. The summed E-state index contributed by atoms with van der Waals surface area (Å²) in [6, 6.07) is -0.237. The molecule has 0 spiro atoms. The number of rotatable bonds is 9. The second-order valence-corrected chi connectivity index (χ2v) is 4.21. The summed E-state index contributed by atoms with van der Waals surface area (Å²) in [5, 5.41) is 11.4. The molecule has 2 amide bonds. The van der Waals surface area contributed by atoms with E-state index in [1.54, 1.807) is 0 Å². The molecule has 0 heterocycles. The number of carboxylic acid groups (broad SMARTS) is 1. The van der Waals surface area contributed by atoms with E-state index in [1.807, 2.05) is 20.8 Å². The Bertz CT molecular complexity index is 256. The van der Waals surface area contributed by atoms with Gasteiger partial charge in [-0.2, -0.15) is 0 Å². The second kappa shape index (κ2) is 9.70. The van der Waals surface area contributed by atoms with Crippen molar-refractivity contribution in [2.45, 2.75) is 39.7 Å². The summed E-state index contributed by atoms with van der Waals surface area (Å²) in [4.78, 5) is 23.8. The van der Waals surface area contributed by atoms with Gasteiger partial charge in [0, 0.05) is 32.3 Å². The highest BCUT2D eigenvalue weighted by atomic mass is 16.5. The summed E-state index contributed by atoms with van der Waals surface area (Å²) >= 11 is 0. The number of nitrogens with zero attached hydrogens (tertiary/aromatic N) is 1. The molecule has 0 aliphatic carbocycles. The first-order valence-electron chi connectivity index (χ1n) is 6.33. The Morgan fingerprint density at radius 1 is 1.39 bits per heavy atom. The largest absolute Gasteiger partial charge is 0.481 e. The van der Waals surface area contributed by atoms with E-state index in [1.165, 1.54) is 4.90 Å². The monoisotopic (exact) mass is 260 g/mol. The van der Waals surface area contributed by atoms with Gasteiger partial charge in [-0.25, -0.2) is 4.79 Å². The van der Waals surface area contributed by atoms with Crippen LogP contribution in [0.3, 0.4) is 0 Å². The lowest BCUT2D eigenvalue weighted by atomic mass is 10.3. The predicted molar refractivity (Wildman–Crippen MR) is 68.6 cm³/mol. The molecular weight excluding hydrogens is 236 g/mol. The molecule has 0 aliphatic rings. The van der Waals surface area contributed by atoms with Gasteiger partial charge in [-0.05, 0) is 27.2 Å². The van der Waals surface area contributed by atoms with E-state index in [2.05, 4.69) is 5.32 Å². The van der Waals surface area contributed by atoms with Gasteiger partial charge in [0.15, 0.2) is 0 Å². The first kappa shape index (κ1) is 16.7. The molecule has 6 nitrogen and oxygen atoms in total. The van der Waals surface area contributed by atoms with Gasteiger partial charge in [0.1, 0.15) is 0 Å². The fourth-order valence-corrected chi connectivity index (χ4v) is 1.43. The molecule has 106 valence electrons. The van der Waals surface area contributed by atoms with Gasteiger partial charge in [-0.3, -0.25) is 4.79 Å². The molecule has 2 N–H and O–H groups in total. The summed E-state index contributed by atoms with van der Waals surface area (Å²) < 4.78 is 5.16. The van der Waals surface area contributed by atoms with Gasteiger partial charge < -0.3 is 20.1 Å². The Morgan fingerprint density at radius 2 is 2.06 bits per heavy atom. The zero-order chi connectivity index (χ0) is 14.0. The third-order valence-corrected chi connectivity index (χ3v) is 2.40. The van der Waals surface area contributed by atoms with Gasteiger partial charge in [-0.15, -0.1) is 0 Å². The normalized spacial score (nSPS) is 10.4. The molecule has 0 unspecified atom stereocenters. The SMILES string of the molecule is CCOCCCNC(=O)N(CCC(=O)O)C(C)C. The summed E-state index contributed by atoms with van der Waals surface area (Å²) in [6.07, 6.45) is 0.717. The molecule has 0 saturated carbocycles. The standard InChI is InChI=1S/C12H24N2O4/c1-4-18-9-5-7-13-12(17)14(10(2)3)8-6-11(15)16/h10H,4-9H2,1-3H3,(H,13,17)(H,15,16). The molecule has 0 aromatic rings. The van der Waals surface area contributed by atoms with E-state index in [0.717, 1.165) is 6.42 Å². The maximum Gasteiger partial charge on any atom is 0.317 e. The molecule has 0 fully saturated rings. The second-order valence-electron chi connectivity index (χ2n) is 4.21. The lowest BCUT2D eigenvalue weighted by Crippen LogP contribution is -2.45. The predicted octanol–water partition coefficient (Wildman–Crippen LogP) is 1.31. The van der Waals surface area contributed by atoms with Crippen LogP contribution >= 0.6 is 0 Å².